The van der Waals surface area contributed by atoms with Gasteiger partial charge in [-0.3, -0.25) is 4.90 Å². The van der Waals surface area contributed by atoms with Crippen LogP contribution in [0.5, 0.6) is 0 Å². The second-order valence-corrected chi connectivity index (χ2v) is 5.31. The Labute approximate surface area is 104 Å². The van der Waals surface area contributed by atoms with Crippen molar-refractivity contribution in [2.24, 2.45) is 0 Å². The molecule has 0 spiro atoms. The fourth-order valence-corrected chi connectivity index (χ4v) is 3.02. The van der Waals surface area contributed by atoms with Crippen molar-refractivity contribution < 1.29 is 4.42 Å². The molecule has 0 aliphatic carbocycles. The molecule has 17 heavy (non-hydrogen) atoms. The van der Waals surface area contributed by atoms with Gasteiger partial charge in [-0.15, -0.1) is 0 Å². The van der Waals surface area contributed by atoms with E-state index in [4.69, 9.17) is 4.42 Å². The van der Waals surface area contributed by atoms with E-state index in [1.165, 1.54) is 32.2 Å². The predicted molar refractivity (Wildman–Crippen MR) is 69.9 cm³/mol. The Kier molecular flexibility index (Phi) is 4.24. The molecule has 0 radical (unpaired) electrons. The van der Waals surface area contributed by atoms with Gasteiger partial charge in [-0.25, -0.2) is 0 Å². The van der Waals surface area contributed by atoms with E-state index in [0.29, 0.717) is 5.54 Å². The highest BCUT2D eigenvalue weighted by Crippen LogP contribution is 2.26. The first-order chi connectivity index (χ1) is 8.24. The Morgan fingerprint density at radius 1 is 1.53 bits per heavy atom. The lowest BCUT2D eigenvalue weighted by molar-refractivity contribution is 0.197. The van der Waals surface area contributed by atoms with Crippen LogP contribution in [-0.2, 0) is 6.54 Å². The van der Waals surface area contributed by atoms with Crippen LogP contribution in [0.15, 0.2) is 22.8 Å². The summed E-state index contributed by atoms with van der Waals surface area (Å²) in [5.74, 6) is 1.05. The first-order valence-corrected chi connectivity index (χ1v) is 6.70. The van der Waals surface area contributed by atoms with Crippen molar-refractivity contribution in [1.29, 1.82) is 0 Å². The summed E-state index contributed by atoms with van der Waals surface area (Å²) >= 11 is 0. The zero-order valence-corrected chi connectivity index (χ0v) is 11.0. The molecule has 1 unspecified atom stereocenters. The average Bonchev–Trinajstić information content (AvgIpc) is 2.90. The molecule has 1 aliphatic heterocycles. The van der Waals surface area contributed by atoms with Gasteiger partial charge in [0.2, 0.25) is 0 Å². The molecule has 1 atom stereocenters. The van der Waals surface area contributed by atoms with Gasteiger partial charge in [0, 0.05) is 12.1 Å². The third-order valence-corrected chi connectivity index (χ3v) is 3.64. The summed E-state index contributed by atoms with van der Waals surface area (Å²) in [5.41, 5.74) is 0.343. The van der Waals surface area contributed by atoms with E-state index in [1.54, 1.807) is 6.26 Å². The lowest BCUT2D eigenvalue weighted by atomic mass is 9.91. The van der Waals surface area contributed by atoms with Gasteiger partial charge >= 0.3 is 0 Å². The van der Waals surface area contributed by atoms with Crippen LogP contribution >= 0.6 is 0 Å². The summed E-state index contributed by atoms with van der Waals surface area (Å²) in [6.45, 7) is 5.46. The van der Waals surface area contributed by atoms with E-state index in [-0.39, 0.29) is 0 Å². The number of furan rings is 1. The molecule has 0 aromatic carbocycles. The first-order valence-electron chi connectivity index (χ1n) is 6.70. The highest BCUT2D eigenvalue weighted by atomic mass is 16.3. The Morgan fingerprint density at radius 2 is 2.41 bits per heavy atom. The number of likely N-dealkylation sites (N-methyl/N-ethyl adjacent to an activating group) is 1. The molecular weight excluding hydrogens is 212 g/mol. The lowest BCUT2D eigenvalue weighted by Crippen LogP contribution is -2.48. The molecule has 1 aromatic heterocycles. The lowest BCUT2D eigenvalue weighted by Gasteiger charge is -2.33. The summed E-state index contributed by atoms with van der Waals surface area (Å²) in [6.07, 6.45) is 6.90. The van der Waals surface area contributed by atoms with Gasteiger partial charge in [-0.05, 0) is 45.0 Å². The molecule has 0 bridgehead atoms. The van der Waals surface area contributed by atoms with E-state index in [0.717, 1.165) is 18.8 Å². The van der Waals surface area contributed by atoms with E-state index in [2.05, 4.69) is 24.2 Å². The van der Waals surface area contributed by atoms with Crippen molar-refractivity contribution in [1.82, 2.24) is 10.2 Å². The van der Waals surface area contributed by atoms with E-state index >= 15 is 0 Å². The second kappa shape index (κ2) is 5.69. The minimum Gasteiger partial charge on any atom is -0.468 e. The maximum atomic E-state index is 5.40. The van der Waals surface area contributed by atoms with Crippen molar-refractivity contribution in [3.8, 4) is 0 Å². The van der Waals surface area contributed by atoms with Crippen LogP contribution in [0.3, 0.4) is 0 Å². The van der Waals surface area contributed by atoms with Gasteiger partial charge in [0.25, 0.3) is 0 Å². The summed E-state index contributed by atoms with van der Waals surface area (Å²) in [6, 6.07) is 4.00. The number of nitrogens with one attached hydrogen (secondary N) is 1. The maximum absolute atomic E-state index is 5.40. The van der Waals surface area contributed by atoms with Crippen molar-refractivity contribution in [3.63, 3.8) is 0 Å². The highest BCUT2D eigenvalue weighted by molar-refractivity contribution is 5.00. The largest absolute Gasteiger partial charge is 0.468 e. The topological polar surface area (TPSA) is 28.4 Å². The minimum absolute atomic E-state index is 0.343. The van der Waals surface area contributed by atoms with Gasteiger partial charge in [-0.1, -0.05) is 13.3 Å². The van der Waals surface area contributed by atoms with Gasteiger partial charge in [0.05, 0.1) is 12.8 Å². The normalized spacial score (nSPS) is 24.6. The van der Waals surface area contributed by atoms with Crippen LogP contribution < -0.4 is 5.32 Å². The van der Waals surface area contributed by atoms with Crippen LogP contribution in [0, 0.1) is 0 Å². The summed E-state index contributed by atoms with van der Waals surface area (Å²) in [5, 5.41) is 3.71. The average molecular weight is 236 g/mol. The van der Waals surface area contributed by atoms with Gasteiger partial charge in [0.1, 0.15) is 5.76 Å². The molecule has 1 fully saturated rings. The Balaban J connectivity index is 1.89. The SMILES string of the molecule is CCCC1(CN(C)Cc2ccco2)CCCN1. The van der Waals surface area contributed by atoms with Crippen molar-refractivity contribution in [2.45, 2.75) is 44.7 Å². The molecule has 96 valence electrons. The molecule has 1 aliphatic rings. The number of hydrogen-bond acceptors (Lipinski definition) is 3. The van der Waals surface area contributed by atoms with Gasteiger partial charge in [0.15, 0.2) is 0 Å². The molecule has 2 heterocycles. The Hall–Kier alpha value is -0.800. The monoisotopic (exact) mass is 236 g/mol. The van der Waals surface area contributed by atoms with Crippen molar-refractivity contribution >= 4 is 0 Å². The van der Waals surface area contributed by atoms with Crippen molar-refractivity contribution in [3.05, 3.63) is 24.2 Å². The predicted octanol–water partition coefficient (Wildman–Crippen LogP) is 2.63. The van der Waals surface area contributed by atoms with E-state index in [1.807, 2.05) is 12.1 Å². The highest BCUT2D eigenvalue weighted by Gasteiger charge is 2.33. The molecule has 1 aromatic rings. The molecular formula is C14H24N2O. The smallest absolute Gasteiger partial charge is 0.117 e. The van der Waals surface area contributed by atoms with Crippen LogP contribution in [-0.4, -0.2) is 30.6 Å². The van der Waals surface area contributed by atoms with Gasteiger partial charge < -0.3 is 9.73 Å². The van der Waals surface area contributed by atoms with Crippen LogP contribution in [0.25, 0.3) is 0 Å². The minimum atomic E-state index is 0.343. The van der Waals surface area contributed by atoms with Gasteiger partial charge in [-0.2, -0.15) is 0 Å². The quantitative estimate of drug-likeness (QED) is 0.823. The zero-order chi connectivity index (χ0) is 12.1. The summed E-state index contributed by atoms with van der Waals surface area (Å²) in [7, 11) is 2.18. The third-order valence-electron chi connectivity index (χ3n) is 3.64. The number of nitrogens with zero attached hydrogens (tertiary/aromatic N) is 1. The fraction of sp³-hybridized carbons (Fsp3) is 0.714. The Bertz CT molecular complexity index is 315. The van der Waals surface area contributed by atoms with Crippen LogP contribution in [0.1, 0.15) is 38.4 Å². The summed E-state index contributed by atoms with van der Waals surface area (Å²) < 4.78 is 5.40. The number of hydrogen-bond donors (Lipinski definition) is 1. The maximum Gasteiger partial charge on any atom is 0.117 e. The summed E-state index contributed by atoms with van der Waals surface area (Å²) in [4.78, 5) is 2.37. The molecule has 1 N–H and O–H groups in total. The molecule has 0 amide bonds. The molecule has 3 nitrogen and oxygen atoms in total. The first kappa shape index (κ1) is 12.7. The van der Waals surface area contributed by atoms with Crippen LogP contribution in [0.4, 0.5) is 0 Å². The molecule has 1 saturated heterocycles. The Morgan fingerprint density at radius 3 is 3.00 bits per heavy atom. The molecule has 0 saturated carbocycles. The van der Waals surface area contributed by atoms with E-state index < -0.39 is 0 Å². The third kappa shape index (κ3) is 3.33. The van der Waals surface area contributed by atoms with Crippen molar-refractivity contribution in [2.75, 3.05) is 20.1 Å². The van der Waals surface area contributed by atoms with E-state index in [9.17, 15) is 0 Å². The standard InChI is InChI=1S/C14H24N2O/c1-3-7-14(8-5-9-15-14)12-16(2)11-13-6-4-10-17-13/h4,6,10,15H,3,5,7-9,11-12H2,1-2H3. The fourth-order valence-electron chi connectivity index (χ4n) is 3.02. The second-order valence-electron chi connectivity index (χ2n) is 5.31. The molecule has 3 heteroatoms. The number of rotatable bonds is 6. The zero-order valence-electron chi connectivity index (χ0n) is 11.0. The molecule has 2 rings (SSSR count). The van der Waals surface area contributed by atoms with Crippen LogP contribution in [0.2, 0.25) is 0 Å².